The zero-order valence-corrected chi connectivity index (χ0v) is 23.8. The Morgan fingerprint density at radius 2 is 1.98 bits per heavy atom. The molecule has 218 valence electrons. The lowest BCUT2D eigenvalue weighted by atomic mass is 9.86. The Kier molecular flexibility index (Phi) is 8.83. The van der Waals surface area contributed by atoms with Gasteiger partial charge >= 0.3 is 13.7 Å². The van der Waals surface area contributed by atoms with Crippen molar-refractivity contribution in [3.05, 3.63) is 54.5 Å². The molecule has 5 atom stereocenters. The van der Waals surface area contributed by atoms with Gasteiger partial charge in [-0.3, -0.25) is 9.32 Å². The molecular formula is C26H36N5O8P. The standard InChI is InChI=1S/C26H36N5O8P/c1-5-18(6-2)38-23(32)17(3)30-40(35,39-19-10-8-7-9-11-19)37-14-25(4)24(33)26(34,15-36-25)21-13-12-20-22(27)28-16-29-31(20)21/h7-13,16-18,24,33-34H,5-6,14-15H2,1-4H3,(H,30,35)(H2,27,28,29)/t17-,24+,25+,26?,40?/m0/s1. The molecule has 1 aromatic carbocycles. The summed E-state index contributed by atoms with van der Waals surface area (Å²) in [6, 6.07) is 10.4. The second-order valence-corrected chi connectivity index (χ2v) is 11.7. The van der Waals surface area contributed by atoms with Gasteiger partial charge in [0.2, 0.25) is 0 Å². The van der Waals surface area contributed by atoms with Crippen LogP contribution in [0.2, 0.25) is 0 Å². The topological polar surface area (TPSA) is 180 Å². The third-order valence-corrected chi connectivity index (χ3v) is 8.59. The van der Waals surface area contributed by atoms with Crippen LogP contribution in [0, 0.1) is 0 Å². The fourth-order valence-electron chi connectivity index (χ4n) is 4.49. The summed E-state index contributed by atoms with van der Waals surface area (Å²) in [5.74, 6) is -0.190. The summed E-state index contributed by atoms with van der Waals surface area (Å²) < 4.78 is 38.1. The average Bonchev–Trinajstić information content (AvgIpc) is 3.48. The lowest BCUT2D eigenvalue weighted by Crippen LogP contribution is -2.50. The van der Waals surface area contributed by atoms with Gasteiger partial charge in [-0.1, -0.05) is 32.0 Å². The van der Waals surface area contributed by atoms with Gasteiger partial charge in [0.1, 0.15) is 41.4 Å². The molecule has 40 heavy (non-hydrogen) atoms. The molecule has 14 heteroatoms. The van der Waals surface area contributed by atoms with E-state index in [1.54, 1.807) is 42.5 Å². The van der Waals surface area contributed by atoms with Gasteiger partial charge < -0.3 is 29.9 Å². The summed E-state index contributed by atoms with van der Waals surface area (Å²) >= 11 is 0. The Balaban J connectivity index is 1.54. The number of carbonyl (C=O) groups is 1. The summed E-state index contributed by atoms with van der Waals surface area (Å²) in [6.07, 6.45) is 0.678. The SMILES string of the molecule is CCC(CC)OC(=O)[C@H](C)NP(=O)(OC[C@@]1(C)OCC(O)(c2ccc3c(N)ncnn23)[C@@H]1O)Oc1ccccc1. The Labute approximate surface area is 232 Å². The van der Waals surface area contributed by atoms with E-state index in [1.165, 1.54) is 24.7 Å². The molecule has 1 aliphatic heterocycles. The highest BCUT2D eigenvalue weighted by Crippen LogP contribution is 2.48. The van der Waals surface area contributed by atoms with Crippen LogP contribution in [0.4, 0.5) is 5.82 Å². The number of ether oxygens (including phenoxy) is 2. The highest BCUT2D eigenvalue weighted by Gasteiger charge is 2.58. The van der Waals surface area contributed by atoms with Crippen LogP contribution in [-0.2, 0) is 29.0 Å². The number of nitrogens with two attached hydrogens (primary N) is 1. The highest BCUT2D eigenvalue weighted by molar-refractivity contribution is 7.52. The van der Waals surface area contributed by atoms with Gasteiger partial charge in [0.25, 0.3) is 0 Å². The minimum absolute atomic E-state index is 0.200. The van der Waals surface area contributed by atoms with E-state index in [1.807, 2.05) is 13.8 Å². The zero-order chi connectivity index (χ0) is 29.1. The molecule has 5 N–H and O–H groups in total. The summed E-state index contributed by atoms with van der Waals surface area (Å²) in [5.41, 5.74) is 3.14. The molecule has 0 radical (unpaired) electrons. The maximum atomic E-state index is 13.9. The van der Waals surface area contributed by atoms with Crippen LogP contribution in [0.25, 0.3) is 5.52 Å². The molecule has 13 nitrogen and oxygen atoms in total. The van der Waals surface area contributed by atoms with E-state index in [4.69, 9.17) is 24.3 Å². The largest absolute Gasteiger partial charge is 0.461 e. The number of aromatic nitrogens is 3. The molecule has 1 aliphatic rings. The van der Waals surface area contributed by atoms with E-state index in [0.29, 0.717) is 18.4 Å². The number of hydrogen-bond acceptors (Lipinski definition) is 11. The number of nitrogens with zero attached hydrogens (tertiary/aromatic N) is 3. The van der Waals surface area contributed by atoms with Gasteiger partial charge in [0, 0.05) is 0 Å². The lowest BCUT2D eigenvalue weighted by Gasteiger charge is -2.33. The maximum absolute atomic E-state index is 13.9. The third-order valence-electron chi connectivity index (χ3n) is 6.97. The van der Waals surface area contributed by atoms with Crippen LogP contribution < -0.4 is 15.3 Å². The van der Waals surface area contributed by atoms with Crippen LogP contribution in [0.1, 0.15) is 46.2 Å². The van der Waals surface area contributed by atoms with Crippen LogP contribution >= 0.6 is 7.75 Å². The third kappa shape index (κ3) is 5.99. The summed E-state index contributed by atoms with van der Waals surface area (Å²) in [6.45, 7) is 6.01. The number of rotatable bonds is 12. The first-order chi connectivity index (χ1) is 18.9. The Bertz CT molecular complexity index is 1370. The van der Waals surface area contributed by atoms with E-state index in [2.05, 4.69) is 15.2 Å². The molecule has 4 rings (SSSR count). The first-order valence-electron chi connectivity index (χ1n) is 13.0. The van der Waals surface area contributed by atoms with Crippen molar-refractivity contribution in [1.29, 1.82) is 0 Å². The maximum Gasteiger partial charge on any atom is 0.459 e. The minimum Gasteiger partial charge on any atom is -0.461 e. The number of aliphatic hydroxyl groups excluding tert-OH is 1. The molecule has 2 unspecified atom stereocenters. The quantitative estimate of drug-likeness (QED) is 0.183. The van der Waals surface area contributed by atoms with Crippen LogP contribution in [0.5, 0.6) is 5.75 Å². The molecule has 3 heterocycles. The number of nitrogens with one attached hydrogen (secondary N) is 1. The number of nitrogen functional groups attached to an aromatic ring is 1. The van der Waals surface area contributed by atoms with Gasteiger partial charge in [0.15, 0.2) is 11.4 Å². The molecule has 0 amide bonds. The molecule has 1 fully saturated rings. The van der Waals surface area contributed by atoms with Gasteiger partial charge in [-0.2, -0.15) is 10.2 Å². The van der Waals surface area contributed by atoms with Crippen LogP contribution in [0.15, 0.2) is 48.8 Å². The van der Waals surface area contributed by atoms with Crippen molar-refractivity contribution in [2.75, 3.05) is 18.9 Å². The number of para-hydroxylation sites is 1. The highest BCUT2D eigenvalue weighted by atomic mass is 31.2. The predicted octanol–water partition coefficient (Wildman–Crippen LogP) is 2.56. The average molecular weight is 578 g/mol. The van der Waals surface area contributed by atoms with Gasteiger partial charge in [0.05, 0.1) is 18.9 Å². The number of hydrogen-bond donors (Lipinski definition) is 4. The number of benzene rings is 1. The van der Waals surface area contributed by atoms with Crippen molar-refractivity contribution >= 4 is 25.1 Å². The number of fused-ring (bicyclic) bond motifs is 1. The van der Waals surface area contributed by atoms with E-state index in [9.17, 15) is 19.6 Å². The van der Waals surface area contributed by atoms with Crippen LogP contribution in [0.3, 0.4) is 0 Å². The van der Waals surface area contributed by atoms with E-state index < -0.39 is 43.7 Å². The summed E-state index contributed by atoms with van der Waals surface area (Å²) in [7, 11) is -4.25. The smallest absolute Gasteiger partial charge is 0.459 e. The van der Waals surface area contributed by atoms with E-state index in [0.717, 1.165) is 0 Å². The lowest BCUT2D eigenvalue weighted by molar-refractivity contribution is -0.151. The Morgan fingerprint density at radius 3 is 2.65 bits per heavy atom. The fourth-order valence-corrected chi connectivity index (χ4v) is 6.07. The number of anilines is 1. The van der Waals surface area contributed by atoms with Gasteiger partial charge in [-0.25, -0.2) is 14.1 Å². The molecule has 0 saturated carbocycles. The number of esters is 1. The first-order valence-corrected chi connectivity index (χ1v) is 14.6. The summed E-state index contributed by atoms with van der Waals surface area (Å²) in [5, 5.41) is 29.6. The van der Waals surface area contributed by atoms with Crippen molar-refractivity contribution in [2.45, 2.75) is 70.0 Å². The minimum atomic E-state index is -4.25. The van der Waals surface area contributed by atoms with E-state index >= 15 is 0 Å². The van der Waals surface area contributed by atoms with Crippen molar-refractivity contribution in [1.82, 2.24) is 19.7 Å². The zero-order valence-electron chi connectivity index (χ0n) is 22.9. The van der Waals surface area contributed by atoms with Crippen molar-refractivity contribution in [3.8, 4) is 5.75 Å². The monoisotopic (exact) mass is 577 g/mol. The van der Waals surface area contributed by atoms with Crippen molar-refractivity contribution in [2.24, 2.45) is 0 Å². The fraction of sp³-hybridized carbons (Fsp3) is 0.500. The predicted molar refractivity (Wildman–Crippen MR) is 145 cm³/mol. The molecule has 0 bridgehead atoms. The van der Waals surface area contributed by atoms with Crippen molar-refractivity contribution < 1.29 is 38.1 Å². The second-order valence-electron chi connectivity index (χ2n) is 9.99. The van der Waals surface area contributed by atoms with Crippen molar-refractivity contribution in [3.63, 3.8) is 0 Å². The Morgan fingerprint density at radius 1 is 1.27 bits per heavy atom. The van der Waals surface area contributed by atoms with E-state index in [-0.39, 0.29) is 30.0 Å². The number of carbonyl (C=O) groups excluding carboxylic acids is 1. The Hall–Kier alpha value is -3.06. The summed E-state index contributed by atoms with van der Waals surface area (Å²) in [4.78, 5) is 16.6. The van der Waals surface area contributed by atoms with Gasteiger partial charge in [-0.05, 0) is 51.0 Å². The molecular weight excluding hydrogens is 541 g/mol. The normalized spacial score (nSPS) is 25.1. The first kappa shape index (κ1) is 29.9. The molecule has 3 aromatic rings. The molecule has 0 spiro atoms. The van der Waals surface area contributed by atoms with Gasteiger partial charge in [-0.15, -0.1) is 0 Å². The molecule has 1 saturated heterocycles. The van der Waals surface area contributed by atoms with Crippen LogP contribution in [-0.4, -0.2) is 67.8 Å². The number of aliphatic hydroxyl groups is 2. The molecule has 2 aromatic heterocycles. The molecule has 0 aliphatic carbocycles. The second kappa shape index (κ2) is 11.8.